The van der Waals surface area contributed by atoms with Gasteiger partial charge in [0.05, 0.1) is 23.7 Å². The highest BCUT2D eigenvalue weighted by atomic mass is 16.5. The topological polar surface area (TPSA) is 129 Å². The lowest BCUT2D eigenvalue weighted by atomic mass is 10.2. The first-order valence-electron chi connectivity index (χ1n) is 10.2. The standard InChI is InChI=1S/C24H21N5O4/c1-2-33-20-9-5-6-16(21(20)30)14-25-29-22(31)15-10-12-17(13-11-15)26-24-27-19-8-4-3-7-18(19)23(32)28-24/h3-14,30H,2H2,1H3,(H,29,31)(H2,26,27,28,32)/b25-14-. The summed E-state index contributed by atoms with van der Waals surface area (Å²) in [7, 11) is 0. The van der Waals surface area contributed by atoms with Crippen molar-refractivity contribution in [2.45, 2.75) is 6.92 Å². The normalized spacial score (nSPS) is 10.9. The summed E-state index contributed by atoms with van der Waals surface area (Å²) in [5.41, 5.74) is 4.20. The van der Waals surface area contributed by atoms with E-state index < -0.39 is 5.91 Å². The highest BCUT2D eigenvalue weighted by Gasteiger charge is 2.08. The van der Waals surface area contributed by atoms with Crippen LogP contribution in [-0.2, 0) is 0 Å². The average molecular weight is 443 g/mol. The summed E-state index contributed by atoms with van der Waals surface area (Å²) in [6.45, 7) is 2.24. The van der Waals surface area contributed by atoms with Gasteiger partial charge in [-0.2, -0.15) is 5.10 Å². The van der Waals surface area contributed by atoms with Gasteiger partial charge in [0.25, 0.3) is 11.5 Å². The number of nitrogens with zero attached hydrogens (tertiary/aromatic N) is 2. The molecule has 166 valence electrons. The zero-order valence-electron chi connectivity index (χ0n) is 17.7. The number of amides is 1. The van der Waals surface area contributed by atoms with Crippen LogP contribution in [0.1, 0.15) is 22.8 Å². The van der Waals surface area contributed by atoms with Gasteiger partial charge in [-0.25, -0.2) is 10.4 Å². The number of hydrogen-bond donors (Lipinski definition) is 4. The van der Waals surface area contributed by atoms with Gasteiger partial charge in [0, 0.05) is 16.8 Å². The quantitative estimate of drug-likeness (QED) is 0.255. The number of phenolic OH excluding ortho intramolecular Hbond substituents is 1. The van der Waals surface area contributed by atoms with E-state index in [-0.39, 0.29) is 11.3 Å². The molecule has 9 nitrogen and oxygen atoms in total. The first kappa shape index (κ1) is 21.6. The number of aromatic nitrogens is 2. The molecule has 0 saturated heterocycles. The molecule has 0 bridgehead atoms. The van der Waals surface area contributed by atoms with Crippen molar-refractivity contribution in [2.24, 2.45) is 5.10 Å². The Labute approximate surface area is 188 Å². The Balaban J connectivity index is 1.41. The van der Waals surface area contributed by atoms with Gasteiger partial charge in [0.15, 0.2) is 11.5 Å². The number of anilines is 2. The number of aromatic hydroxyl groups is 1. The number of carbonyl (C=O) groups is 1. The minimum absolute atomic E-state index is 0.0480. The van der Waals surface area contributed by atoms with Gasteiger partial charge >= 0.3 is 0 Å². The third-order valence-electron chi connectivity index (χ3n) is 4.72. The summed E-state index contributed by atoms with van der Waals surface area (Å²) in [5.74, 6) is 0.177. The number of hydrogen-bond acceptors (Lipinski definition) is 7. The van der Waals surface area contributed by atoms with E-state index in [2.05, 4.69) is 25.8 Å². The average Bonchev–Trinajstić information content (AvgIpc) is 2.82. The molecule has 0 spiro atoms. The Kier molecular flexibility index (Phi) is 6.31. The number of rotatable bonds is 7. The van der Waals surface area contributed by atoms with Crippen LogP contribution >= 0.6 is 0 Å². The molecule has 0 unspecified atom stereocenters. The molecule has 4 aromatic rings. The molecule has 0 radical (unpaired) electrons. The lowest BCUT2D eigenvalue weighted by Crippen LogP contribution is -2.17. The van der Waals surface area contributed by atoms with Crippen LogP contribution in [0.2, 0.25) is 0 Å². The second kappa shape index (κ2) is 9.65. The maximum absolute atomic E-state index is 12.4. The number of benzene rings is 3. The van der Waals surface area contributed by atoms with Crippen molar-refractivity contribution in [3.63, 3.8) is 0 Å². The van der Waals surface area contributed by atoms with Gasteiger partial charge < -0.3 is 15.2 Å². The van der Waals surface area contributed by atoms with Crippen LogP contribution in [0.25, 0.3) is 10.9 Å². The van der Waals surface area contributed by atoms with E-state index in [4.69, 9.17) is 4.74 Å². The van der Waals surface area contributed by atoms with E-state index in [9.17, 15) is 14.7 Å². The van der Waals surface area contributed by atoms with Crippen LogP contribution in [0.15, 0.2) is 76.6 Å². The van der Waals surface area contributed by atoms with Gasteiger partial charge in [-0.05, 0) is 55.5 Å². The maximum Gasteiger partial charge on any atom is 0.271 e. The Hall–Kier alpha value is -4.66. The first-order valence-corrected chi connectivity index (χ1v) is 10.2. The van der Waals surface area contributed by atoms with Crippen molar-refractivity contribution >= 4 is 34.7 Å². The van der Waals surface area contributed by atoms with E-state index in [0.29, 0.717) is 46.0 Å². The lowest BCUT2D eigenvalue weighted by Gasteiger charge is -2.08. The summed E-state index contributed by atoms with van der Waals surface area (Å²) >= 11 is 0. The number of H-pyrrole nitrogens is 1. The molecule has 4 rings (SSSR count). The number of aromatic amines is 1. The highest BCUT2D eigenvalue weighted by Crippen LogP contribution is 2.28. The van der Waals surface area contributed by atoms with Gasteiger partial charge in [0.2, 0.25) is 5.95 Å². The predicted molar refractivity (Wildman–Crippen MR) is 126 cm³/mol. The van der Waals surface area contributed by atoms with Crippen molar-refractivity contribution in [3.8, 4) is 11.5 Å². The fourth-order valence-electron chi connectivity index (χ4n) is 3.13. The molecular formula is C24H21N5O4. The van der Waals surface area contributed by atoms with Crippen molar-refractivity contribution in [3.05, 3.63) is 88.2 Å². The third-order valence-corrected chi connectivity index (χ3v) is 4.72. The Morgan fingerprint density at radius 3 is 2.70 bits per heavy atom. The molecule has 0 aliphatic heterocycles. The fraction of sp³-hybridized carbons (Fsp3) is 0.0833. The number of ether oxygens (including phenoxy) is 1. The van der Waals surface area contributed by atoms with Crippen LogP contribution in [0.3, 0.4) is 0 Å². The zero-order valence-corrected chi connectivity index (χ0v) is 17.7. The monoisotopic (exact) mass is 443 g/mol. The minimum Gasteiger partial charge on any atom is -0.504 e. The van der Waals surface area contributed by atoms with E-state index in [1.807, 2.05) is 13.0 Å². The summed E-state index contributed by atoms with van der Waals surface area (Å²) < 4.78 is 5.33. The molecule has 9 heteroatoms. The summed E-state index contributed by atoms with van der Waals surface area (Å²) in [5, 5.41) is 17.6. The molecule has 33 heavy (non-hydrogen) atoms. The van der Waals surface area contributed by atoms with Gasteiger partial charge in [-0.3, -0.25) is 14.6 Å². The largest absolute Gasteiger partial charge is 0.504 e. The zero-order chi connectivity index (χ0) is 23.2. The van der Waals surface area contributed by atoms with E-state index in [1.165, 1.54) is 6.21 Å². The number of carbonyl (C=O) groups excluding carboxylic acids is 1. The van der Waals surface area contributed by atoms with Crippen LogP contribution in [0, 0.1) is 0 Å². The summed E-state index contributed by atoms with van der Waals surface area (Å²) in [4.78, 5) is 31.6. The molecule has 1 amide bonds. The van der Waals surface area contributed by atoms with Crippen LogP contribution in [0.5, 0.6) is 11.5 Å². The number of phenols is 1. The summed E-state index contributed by atoms with van der Waals surface area (Å²) in [6.07, 6.45) is 1.34. The number of nitrogens with one attached hydrogen (secondary N) is 3. The molecule has 1 aromatic heterocycles. The predicted octanol–water partition coefficient (Wildman–Crippen LogP) is 3.53. The molecule has 0 atom stereocenters. The second-order valence-corrected chi connectivity index (χ2v) is 6.96. The number of para-hydroxylation sites is 2. The summed E-state index contributed by atoms with van der Waals surface area (Å²) in [6, 6.07) is 18.7. The van der Waals surface area contributed by atoms with Crippen LogP contribution < -0.4 is 21.0 Å². The van der Waals surface area contributed by atoms with E-state index in [0.717, 1.165) is 0 Å². The smallest absolute Gasteiger partial charge is 0.271 e. The van der Waals surface area contributed by atoms with Crippen LogP contribution in [0.4, 0.5) is 11.6 Å². The maximum atomic E-state index is 12.4. The molecule has 0 saturated carbocycles. The highest BCUT2D eigenvalue weighted by molar-refractivity contribution is 5.95. The molecule has 0 aliphatic carbocycles. The fourth-order valence-corrected chi connectivity index (χ4v) is 3.13. The van der Waals surface area contributed by atoms with Crippen molar-refractivity contribution in [1.29, 1.82) is 0 Å². The van der Waals surface area contributed by atoms with Crippen molar-refractivity contribution in [1.82, 2.24) is 15.4 Å². The molecule has 1 heterocycles. The first-order chi connectivity index (χ1) is 16.0. The molecule has 0 fully saturated rings. The number of hydrazone groups is 1. The van der Waals surface area contributed by atoms with Gasteiger partial charge in [-0.1, -0.05) is 18.2 Å². The SMILES string of the molecule is CCOc1cccc(/C=N\NC(=O)c2ccc(Nc3nc4ccccc4c(=O)[nH]3)cc2)c1O. The Morgan fingerprint density at radius 1 is 1.12 bits per heavy atom. The molecule has 3 aromatic carbocycles. The van der Waals surface area contributed by atoms with Gasteiger partial charge in [-0.15, -0.1) is 0 Å². The number of fused-ring (bicyclic) bond motifs is 1. The van der Waals surface area contributed by atoms with Gasteiger partial charge in [0.1, 0.15) is 0 Å². The molecular weight excluding hydrogens is 422 g/mol. The third kappa shape index (κ3) is 4.99. The molecule has 4 N–H and O–H groups in total. The van der Waals surface area contributed by atoms with Crippen molar-refractivity contribution in [2.75, 3.05) is 11.9 Å². The Morgan fingerprint density at radius 2 is 1.91 bits per heavy atom. The lowest BCUT2D eigenvalue weighted by molar-refractivity contribution is 0.0955. The van der Waals surface area contributed by atoms with Crippen LogP contribution in [-0.4, -0.2) is 33.8 Å². The Bertz CT molecular complexity index is 1380. The van der Waals surface area contributed by atoms with Crippen molar-refractivity contribution < 1.29 is 14.6 Å². The second-order valence-electron chi connectivity index (χ2n) is 6.96. The minimum atomic E-state index is -0.421. The molecule has 0 aliphatic rings. The van der Waals surface area contributed by atoms with E-state index in [1.54, 1.807) is 60.7 Å². The van der Waals surface area contributed by atoms with E-state index >= 15 is 0 Å².